The fraction of sp³-hybridized carbons (Fsp3) is 0.786. The average molecular weight is 1060 g/mol. The van der Waals surface area contributed by atoms with Gasteiger partial charge in [0.25, 0.3) is 0 Å². The lowest BCUT2D eigenvalue weighted by molar-refractivity contribution is -0.166. The number of esters is 3. The van der Waals surface area contributed by atoms with Gasteiger partial charge in [-0.15, -0.1) is 0 Å². The fourth-order valence-electron chi connectivity index (χ4n) is 9.55. The molecule has 0 aromatic carbocycles. The van der Waals surface area contributed by atoms with E-state index < -0.39 is 6.10 Å². The Bertz CT molecular complexity index is 1400. The molecule has 0 radical (unpaired) electrons. The van der Waals surface area contributed by atoms with Crippen molar-refractivity contribution in [1.29, 1.82) is 0 Å². The Morgan fingerprint density at radius 1 is 0.276 bits per heavy atom. The summed E-state index contributed by atoms with van der Waals surface area (Å²) in [5.74, 6) is -0.968. The number of hydrogen-bond acceptors (Lipinski definition) is 6. The highest BCUT2D eigenvalue weighted by molar-refractivity contribution is 5.71. The number of hydrogen-bond donors (Lipinski definition) is 0. The first-order chi connectivity index (χ1) is 37.5. The van der Waals surface area contributed by atoms with E-state index in [4.69, 9.17) is 14.2 Å². The summed E-state index contributed by atoms with van der Waals surface area (Å²) in [5.41, 5.74) is 0. The largest absolute Gasteiger partial charge is 0.462 e. The molecule has 0 aromatic heterocycles. The van der Waals surface area contributed by atoms with Crippen LogP contribution in [0.4, 0.5) is 0 Å². The number of rotatable bonds is 60. The van der Waals surface area contributed by atoms with Gasteiger partial charge >= 0.3 is 17.9 Å². The quantitative estimate of drug-likeness (QED) is 0.0261. The fourth-order valence-corrected chi connectivity index (χ4v) is 9.55. The number of ether oxygens (including phenoxy) is 3. The lowest BCUT2D eigenvalue weighted by atomic mass is 10.0. The van der Waals surface area contributed by atoms with Crippen molar-refractivity contribution < 1.29 is 28.6 Å². The summed E-state index contributed by atoms with van der Waals surface area (Å²) in [5, 5.41) is 0. The van der Waals surface area contributed by atoms with Gasteiger partial charge in [0.15, 0.2) is 6.10 Å². The molecule has 0 saturated heterocycles. The molecule has 1 atom stereocenters. The maximum atomic E-state index is 12.8. The first-order valence-corrected chi connectivity index (χ1v) is 32.9. The molecule has 0 aliphatic rings. The molecule has 0 bridgehead atoms. The molecule has 0 heterocycles. The maximum absolute atomic E-state index is 12.8. The first-order valence-electron chi connectivity index (χ1n) is 32.9. The van der Waals surface area contributed by atoms with Gasteiger partial charge in [-0.05, 0) is 77.0 Å². The van der Waals surface area contributed by atoms with Crippen LogP contribution in [0.5, 0.6) is 0 Å². The van der Waals surface area contributed by atoms with E-state index in [0.29, 0.717) is 19.3 Å². The standard InChI is InChI=1S/C70H124O6/c1-4-7-10-13-16-19-22-25-26-27-28-29-30-31-32-33-34-35-36-37-38-39-40-41-42-43-44-46-48-51-54-57-60-63-69(72)75-66-67(65-74-68(71)62-59-56-53-50-47-24-21-18-15-12-9-6-3)76-70(73)64-61-58-55-52-49-45-23-20-17-14-11-8-5-2/h8,11,17,20,22,25,27-28,45,49,55,58,67H,4-7,9-10,12-16,18-19,21,23-24,26,29-44,46-48,50-54,56-57,59-66H2,1-3H3/b11-8-,20-17-,25-22-,28-27-,49-45-,58-55-. The van der Waals surface area contributed by atoms with Crippen LogP contribution < -0.4 is 0 Å². The van der Waals surface area contributed by atoms with Gasteiger partial charge in [0.2, 0.25) is 0 Å². The number of carbonyl (C=O) groups is 3. The monoisotopic (exact) mass is 1060 g/mol. The SMILES string of the molecule is CC/C=C\C/C=C\C/C=C\C/C=C\CCC(=O)OC(COC(=O)CCCCCCCCCCCCCC)COC(=O)CCCCCCCCCCCCCCCCCCCCCCC/C=C\C/C=C\CCCCCCC. The van der Waals surface area contributed by atoms with E-state index in [1.165, 1.54) is 218 Å². The van der Waals surface area contributed by atoms with Crippen molar-refractivity contribution in [1.82, 2.24) is 0 Å². The second kappa shape index (κ2) is 64.4. The Morgan fingerprint density at radius 2 is 0.539 bits per heavy atom. The molecule has 76 heavy (non-hydrogen) atoms. The van der Waals surface area contributed by atoms with E-state index in [2.05, 4.69) is 87.6 Å². The lowest BCUT2D eigenvalue weighted by Gasteiger charge is -2.18. The number of carbonyl (C=O) groups excluding carboxylic acids is 3. The van der Waals surface area contributed by atoms with E-state index in [0.717, 1.165) is 70.6 Å². The summed E-state index contributed by atoms with van der Waals surface area (Å²) in [6.45, 7) is 6.48. The van der Waals surface area contributed by atoms with Crippen LogP contribution in [0.25, 0.3) is 0 Å². The highest BCUT2D eigenvalue weighted by Gasteiger charge is 2.19. The third-order valence-corrected chi connectivity index (χ3v) is 14.5. The molecular formula is C70H124O6. The first kappa shape index (κ1) is 72.8. The zero-order chi connectivity index (χ0) is 55.0. The highest BCUT2D eigenvalue weighted by Crippen LogP contribution is 2.17. The predicted molar refractivity (Wildman–Crippen MR) is 330 cm³/mol. The van der Waals surface area contributed by atoms with Crippen LogP contribution in [0.15, 0.2) is 72.9 Å². The van der Waals surface area contributed by atoms with Gasteiger partial charge in [-0.2, -0.15) is 0 Å². The molecule has 0 aliphatic heterocycles. The summed E-state index contributed by atoms with van der Waals surface area (Å²) < 4.78 is 16.8. The zero-order valence-corrected chi connectivity index (χ0v) is 50.5. The van der Waals surface area contributed by atoms with Crippen molar-refractivity contribution in [3.8, 4) is 0 Å². The highest BCUT2D eigenvalue weighted by atomic mass is 16.6. The second-order valence-corrected chi connectivity index (χ2v) is 22.0. The minimum Gasteiger partial charge on any atom is -0.462 e. The maximum Gasteiger partial charge on any atom is 0.306 e. The molecule has 0 spiro atoms. The van der Waals surface area contributed by atoms with Crippen molar-refractivity contribution in [3.63, 3.8) is 0 Å². The summed E-state index contributed by atoms with van der Waals surface area (Å²) in [7, 11) is 0. The molecule has 6 nitrogen and oxygen atoms in total. The summed E-state index contributed by atoms with van der Waals surface area (Å²) in [6, 6.07) is 0. The molecule has 0 rings (SSSR count). The number of unbranched alkanes of at least 4 members (excludes halogenated alkanes) is 37. The smallest absolute Gasteiger partial charge is 0.306 e. The third kappa shape index (κ3) is 61.7. The second-order valence-electron chi connectivity index (χ2n) is 22.0. The molecule has 0 aromatic rings. The van der Waals surface area contributed by atoms with Crippen molar-refractivity contribution >= 4 is 17.9 Å². The Labute approximate surface area is 472 Å². The van der Waals surface area contributed by atoms with E-state index in [1.807, 2.05) is 6.08 Å². The molecule has 0 N–H and O–H groups in total. The van der Waals surface area contributed by atoms with Crippen LogP contribution in [0.3, 0.4) is 0 Å². The minimum absolute atomic E-state index is 0.0995. The zero-order valence-electron chi connectivity index (χ0n) is 50.5. The van der Waals surface area contributed by atoms with Crippen molar-refractivity contribution in [2.24, 2.45) is 0 Å². The minimum atomic E-state index is -0.810. The van der Waals surface area contributed by atoms with Gasteiger partial charge in [-0.1, -0.05) is 312 Å². The molecule has 440 valence electrons. The number of allylic oxidation sites excluding steroid dienone is 12. The van der Waals surface area contributed by atoms with Crippen molar-refractivity contribution in [2.75, 3.05) is 13.2 Å². The van der Waals surface area contributed by atoms with Gasteiger partial charge in [-0.3, -0.25) is 14.4 Å². The molecule has 6 heteroatoms. The van der Waals surface area contributed by atoms with E-state index in [9.17, 15) is 14.4 Å². The van der Waals surface area contributed by atoms with Gasteiger partial charge in [-0.25, -0.2) is 0 Å². The summed E-state index contributed by atoms with van der Waals surface area (Å²) in [4.78, 5) is 38.1. The van der Waals surface area contributed by atoms with Gasteiger partial charge < -0.3 is 14.2 Å². The van der Waals surface area contributed by atoms with Crippen LogP contribution in [0, 0.1) is 0 Å². The van der Waals surface area contributed by atoms with Crippen molar-refractivity contribution in [2.45, 2.75) is 341 Å². The van der Waals surface area contributed by atoms with Crippen molar-refractivity contribution in [3.05, 3.63) is 72.9 Å². The van der Waals surface area contributed by atoms with E-state index >= 15 is 0 Å². The van der Waals surface area contributed by atoms with Crippen LogP contribution in [0.2, 0.25) is 0 Å². The Balaban J connectivity index is 4.09. The topological polar surface area (TPSA) is 78.9 Å². The predicted octanol–water partition coefficient (Wildman–Crippen LogP) is 22.5. The van der Waals surface area contributed by atoms with Gasteiger partial charge in [0.05, 0.1) is 0 Å². The van der Waals surface area contributed by atoms with Crippen LogP contribution in [-0.4, -0.2) is 37.2 Å². The molecular weight excluding hydrogens is 937 g/mol. The van der Waals surface area contributed by atoms with Crippen LogP contribution in [-0.2, 0) is 28.6 Å². The normalized spacial score (nSPS) is 12.5. The molecule has 0 aliphatic carbocycles. The third-order valence-electron chi connectivity index (χ3n) is 14.5. The van der Waals surface area contributed by atoms with E-state index in [1.54, 1.807) is 0 Å². The molecule has 0 fully saturated rings. The Kier molecular flexibility index (Phi) is 61.7. The molecule has 0 saturated carbocycles. The summed E-state index contributed by atoms with van der Waals surface area (Å²) >= 11 is 0. The van der Waals surface area contributed by atoms with Crippen LogP contribution >= 0.6 is 0 Å². The lowest BCUT2D eigenvalue weighted by Crippen LogP contribution is -2.30. The summed E-state index contributed by atoms with van der Waals surface area (Å²) in [6.07, 6.45) is 83.9. The van der Waals surface area contributed by atoms with E-state index in [-0.39, 0.29) is 37.5 Å². The van der Waals surface area contributed by atoms with Crippen LogP contribution in [0.1, 0.15) is 335 Å². The molecule has 0 amide bonds. The molecule has 1 unspecified atom stereocenters. The Hall–Kier alpha value is -3.15. The van der Waals surface area contributed by atoms with Gasteiger partial charge in [0.1, 0.15) is 13.2 Å². The average Bonchev–Trinajstić information content (AvgIpc) is 3.42. The Morgan fingerprint density at radius 3 is 0.855 bits per heavy atom. The van der Waals surface area contributed by atoms with Gasteiger partial charge in [0, 0.05) is 19.3 Å².